The molecule has 0 amide bonds. The molecular weight excluding hydrogens is 362 g/mol. The van der Waals surface area contributed by atoms with Gasteiger partial charge >= 0.3 is 0 Å². The van der Waals surface area contributed by atoms with E-state index in [2.05, 4.69) is 31.2 Å². The second-order valence-corrected chi connectivity index (χ2v) is 7.13. The van der Waals surface area contributed by atoms with Crippen LogP contribution in [0.4, 0.5) is 8.78 Å². The average molecular weight is 390 g/mol. The number of rotatable bonds is 8. The Morgan fingerprint density at radius 2 is 1.71 bits per heavy atom. The van der Waals surface area contributed by atoms with Gasteiger partial charge in [0.15, 0.2) is 17.9 Å². The zero-order valence-corrected chi connectivity index (χ0v) is 16.5. The van der Waals surface area contributed by atoms with Crippen molar-refractivity contribution >= 4 is 0 Å². The van der Waals surface area contributed by atoms with E-state index in [1.165, 1.54) is 11.6 Å². The molecule has 0 bridgehead atoms. The highest BCUT2D eigenvalue weighted by Gasteiger charge is 2.27. The lowest BCUT2D eigenvalue weighted by atomic mass is 9.92. The van der Waals surface area contributed by atoms with Crippen LogP contribution in [0.3, 0.4) is 0 Å². The largest absolute Gasteiger partial charge is 0.491 e. The van der Waals surface area contributed by atoms with Crippen molar-refractivity contribution in [3.05, 3.63) is 64.7 Å². The molecule has 0 spiro atoms. The minimum atomic E-state index is -0.927. The topological polar surface area (TPSA) is 27.7 Å². The van der Waals surface area contributed by atoms with Crippen molar-refractivity contribution in [1.29, 1.82) is 0 Å². The number of benzene rings is 2. The number of ether oxygens (including phenoxy) is 3. The van der Waals surface area contributed by atoms with E-state index < -0.39 is 11.6 Å². The third-order valence-corrected chi connectivity index (χ3v) is 5.05. The van der Waals surface area contributed by atoms with E-state index in [4.69, 9.17) is 14.2 Å². The molecule has 3 nitrogen and oxygen atoms in total. The van der Waals surface area contributed by atoms with Crippen molar-refractivity contribution in [3.8, 4) is 5.75 Å². The Bertz CT molecular complexity index is 753. The molecule has 1 heterocycles. The van der Waals surface area contributed by atoms with Crippen LogP contribution >= 0.6 is 0 Å². The van der Waals surface area contributed by atoms with Gasteiger partial charge in [-0.2, -0.15) is 4.39 Å². The van der Waals surface area contributed by atoms with Gasteiger partial charge in [-0.05, 0) is 48.9 Å². The second-order valence-electron chi connectivity index (χ2n) is 7.13. The molecule has 28 heavy (non-hydrogen) atoms. The molecule has 0 radical (unpaired) electrons. The summed E-state index contributed by atoms with van der Waals surface area (Å²) in [6.45, 7) is 4.99. The fourth-order valence-electron chi connectivity index (χ4n) is 3.51. The minimum absolute atomic E-state index is 0.0494. The molecule has 0 aromatic heterocycles. The maximum atomic E-state index is 14.4. The highest BCUT2D eigenvalue weighted by Crippen LogP contribution is 2.33. The first-order chi connectivity index (χ1) is 13.6. The Kier molecular flexibility index (Phi) is 7.40. The predicted octanol–water partition coefficient (Wildman–Crippen LogP) is 5.75. The fraction of sp³-hybridized carbons (Fsp3) is 0.478. The SMILES string of the molecule is CCCc1ccc(COC2CCC(c3ccc(OCC)c(F)c3F)CO2)cc1. The first-order valence-corrected chi connectivity index (χ1v) is 10.0. The molecule has 2 aromatic rings. The van der Waals surface area contributed by atoms with E-state index in [9.17, 15) is 8.78 Å². The molecule has 2 aromatic carbocycles. The summed E-state index contributed by atoms with van der Waals surface area (Å²) in [6.07, 6.45) is 3.22. The zero-order valence-electron chi connectivity index (χ0n) is 16.5. The van der Waals surface area contributed by atoms with Crippen LogP contribution in [0.1, 0.15) is 55.7 Å². The van der Waals surface area contributed by atoms with Crippen molar-refractivity contribution in [2.24, 2.45) is 0 Å². The molecule has 2 atom stereocenters. The summed E-state index contributed by atoms with van der Waals surface area (Å²) < 4.78 is 45.2. The molecule has 1 saturated heterocycles. The van der Waals surface area contributed by atoms with Crippen molar-refractivity contribution in [2.75, 3.05) is 13.2 Å². The molecule has 0 aliphatic carbocycles. The Balaban J connectivity index is 1.51. The van der Waals surface area contributed by atoms with Crippen LogP contribution in [0.25, 0.3) is 0 Å². The maximum absolute atomic E-state index is 14.4. The Morgan fingerprint density at radius 3 is 2.36 bits per heavy atom. The van der Waals surface area contributed by atoms with E-state index in [1.807, 2.05) is 0 Å². The van der Waals surface area contributed by atoms with Gasteiger partial charge in [0, 0.05) is 5.92 Å². The summed E-state index contributed by atoms with van der Waals surface area (Å²) in [5, 5.41) is 0. The van der Waals surface area contributed by atoms with Crippen LogP contribution < -0.4 is 4.74 Å². The lowest BCUT2D eigenvalue weighted by Gasteiger charge is -2.29. The quantitative estimate of drug-likeness (QED) is 0.574. The van der Waals surface area contributed by atoms with Crippen molar-refractivity contribution in [1.82, 2.24) is 0 Å². The molecule has 1 aliphatic heterocycles. The Morgan fingerprint density at radius 1 is 0.964 bits per heavy atom. The van der Waals surface area contributed by atoms with Crippen LogP contribution in [0.15, 0.2) is 36.4 Å². The van der Waals surface area contributed by atoms with Crippen molar-refractivity contribution in [2.45, 2.75) is 58.3 Å². The van der Waals surface area contributed by atoms with Gasteiger partial charge in [0.1, 0.15) is 0 Å². The van der Waals surface area contributed by atoms with Gasteiger partial charge in [0.05, 0.1) is 19.8 Å². The van der Waals surface area contributed by atoms with E-state index in [-0.39, 0.29) is 18.0 Å². The summed E-state index contributed by atoms with van der Waals surface area (Å²) in [6, 6.07) is 11.5. The maximum Gasteiger partial charge on any atom is 0.200 e. The molecule has 1 fully saturated rings. The summed E-state index contributed by atoms with van der Waals surface area (Å²) >= 11 is 0. The van der Waals surface area contributed by atoms with Crippen LogP contribution in [0.2, 0.25) is 0 Å². The van der Waals surface area contributed by atoms with E-state index in [0.29, 0.717) is 38.2 Å². The third-order valence-electron chi connectivity index (χ3n) is 5.05. The van der Waals surface area contributed by atoms with Crippen molar-refractivity contribution < 1.29 is 23.0 Å². The molecule has 3 rings (SSSR count). The highest BCUT2D eigenvalue weighted by atomic mass is 19.2. The number of hydrogen-bond donors (Lipinski definition) is 0. The molecule has 152 valence electrons. The third kappa shape index (κ3) is 5.09. The van der Waals surface area contributed by atoms with Gasteiger partial charge in [-0.3, -0.25) is 0 Å². The first-order valence-electron chi connectivity index (χ1n) is 10.0. The van der Waals surface area contributed by atoms with Gasteiger partial charge in [0.2, 0.25) is 5.82 Å². The molecule has 0 N–H and O–H groups in total. The van der Waals surface area contributed by atoms with Gasteiger partial charge in [-0.1, -0.05) is 43.7 Å². The predicted molar refractivity (Wildman–Crippen MR) is 104 cm³/mol. The summed E-state index contributed by atoms with van der Waals surface area (Å²) in [5.74, 6) is -2.00. The van der Waals surface area contributed by atoms with Gasteiger partial charge in [-0.25, -0.2) is 4.39 Å². The second kappa shape index (κ2) is 9.99. The van der Waals surface area contributed by atoms with Crippen LogP contribution in [-0.4, -0.2) is 19.5 Å². The summed E-state index contributed by atoms with van der Waals surface area (Å²) in [5.41, 5.74) is 2.77. The van der Waals surface area contributed by atoms with Crippen molar-refractivity contribution in [3.63, 3.8) is 0 Å². The van der Waals surface area contributed by atoms with Crippen LogP contribution in [0, 0.1) is 11.6 Å². The zero-order chi connectivity index (χ0) is 19.9. The van der Waals surface area contributed by atoms with Gasteiger partial charge in [-0.15, -0.1) is 0 Å². The molecule has 1 aliphatic rings. The van der Waals surface area contributed by atoms with E-state index in [1.54, 1.807) is 13.0 Å². The summed E-state index contributed by atoms with van der Waals surface area (Å²) in [7, 11) is 0. The Labute approximate surface area is 165 Å². The minimum Gasteiger partial charge on any atom is -0.491 e. The smallest absolute Gasteiger partial charge is 0.200 e. The monoisotopic (exact) mass is 390 g/mol. The first kappa shape index (κ1) is 20.7. The molecule has 5 heteroatoms. The van der Waals surface area contributed by atoms with Crippen LogP contribution in [0.5, 0.6) is 5.75 Å². The highest BCUT2D eigenvalue weighted by molar-refractivity contribution is 5.33. The van der Waals surface area contributed by atoms with E-state index >= 15 is 0 Å². The summed E-state index contributed by atoms with van der Waals surface area (Å²) in [4.78, 5) is 0. The van der Waals surface area contributed by atoms with Crippen LogP contribution in [-0.2, 0) is 22.5 Å². The molecule has 2 unspecified atom stereocenters. The molecular formula is C23H28F2O3. The standard InChI is InChI=1S/C23H28F2O3/c1-3-5-16-6-8-17(9-7-16)14-27-21-13-10-18(15-28-21)19-11-12-20(26-4-2)23(25)22(19)24/h6-9,11-12,18,21H,3-5,10,13-15H2,1-2H3. The van der Waals surface area contributed by atoms with Gasteiger partial charge < -0.3 is 14.2 Å². The normalized spacial score (nSPS) is 19.6. The number of halogens is 2. The Hall–Kier alpha value is -1.98. The van der Waals surface area contributed by atoms with E-state index in [0.717, 1.165) is 18.4 Å². The number of aryl methyl sites for hydroxylation is 1. The lowest BCUT2D eigenvalue weighted by Crippen LogP contribution is -2.27. The fourth-order valence-corrected chi connectivity index (χ4v) is 3.51. The molecule has 0 saturated carbocycles. The number of hydrogen-bond acceptors (Lipinski definition) is 3. The lowest BCUT2D eigenvalue weighted by molar-refractivity contribution is -0.173. The average Bonchev–Trinajstić information content (AvgIpc) is 2.72. The van der Waals surface area contributed by atoms with Gasteiger partial charge in [0.25, 0.3) is 0 Å².